The molecule has 0 fully saturated rings. The Morgan fingerprint density at radius 3 is 2.64 bits per heavy atom. The molecular weight excluding hydrogens is 498 g/mol. The van der Waals surface area contributed by atoms with Crippen molar-refractivity contribution >= 4 is 29.8 Å². The number of hydrogen-bond donors (Lipinski definition) is 2. The molecule has 0 radical (unpaired) electrons. The van der Waals surface area contributed by atoms with Gasteiger partial charge in [0.2, 0.25) is 5.88 Å². The molecule has 1 aliphatic rings. The van der Waals surface area contributed by atoms with Crippen LogP contribution in [0.1, 0.15) is 46.8 Å². The molecule has 3 heterocycles. The van der Waals surface area contributed by atoms with Crippen LogP contribution in [0.25, 0.3) is 12.2 Å². The van der Waals surface area contributed by atoms with E-state index in [0.29, 0.717) is 29.2 Å². The average molecular weight is 534 g/mol. The van der Waals surface area contributed by atoms with E-state index in [2.05, 4.69) is 15.5 Å². The third-order valence-electron chi connectivity index (χ3n) is 6.88. The van der Waals surface area contributed by atoms with E-state index in [9.17, 15) is 14.7 Å². The number of benzene rings is 1. The summed E-state index contributed by atoms with van der Waals surface area (Å²) >= 11 is 0. The van der Waals surface area contributed by atoms with Gasteiger partial charge < -0.3 is 29.5 Å². The normalized spacial score (nSPS) is 18.2. The number of aromatic nitrogens is 2. The molecule has 39 heavy (non-hydrogen) atoms. The predicted molar refractivity (Wildman–Crippen MR) is 148 cm³/mol. The zero-order chi connectivity index (χ0) is 28.1. The second-order valence-electron chi connectivity index (χ2n) is 10.00. The molecule has 206 valence electrons. The lowest BCUT2D eigenvalue weighted by molar-refractivity contribution is 0.0356. The standard InChI is InChI=1S/C29H35N5O5/c1-18-15-34(19(2)17-35)28(36)24-13-23(12-11-22-9-7-6-8-10-22)14-30-27(24)38-25(18)16-33(5)29(37)31-26-20(3)32-39-21(26)4/h6-14,18-19,25,35H,15-17H2,1-5H3,(H,31,37)/t18-,19-,25-/m1/s1. The maximum atomic E-state index is 13.6. The van der Waals surface area contributed by atoms with Gasteiger partial charge in [0.25, 0.3) is 5.91 Å². The molecule has 2 aromatic heterocycles. The van der Waals surface area contributed by atoms with Crippen LogP contribution in [0.4, 0.5) is 10.5 Å². The highest BCUT2D eigenvalue weighted by molar-refractivity contribution is 5.97. The molecule has 0 saturated heterocycles. The third kappa shape index (κ3) is 6.46. The summed E-state index contributed by atoms with van der Waals surface area (Å²) in [5.74, 6) is 0.295. The number of anilines is 1. The quantitative estimate of drug-likeness (QED) is 0.466. The number of aliphatic hydroxyl groups is 1. The first kappa shape index (κ1) is 27.8. The molecule has 0 saturated carbocycles. The lowest BCUT2D eigenvalue weighted by Crippen LogP contribution is -2.50. The number of nitrogens with zero attached hydrogens (tertiary/aromatic N) is 4. The zero-order valence-electron chi connectivity index (χ0n) is 22.9. The monoisotopic (exact) mass is 533 g/mol. The number of likely N-dealkylation sites (N-methyl/N-ethyl adjacent to an activating group) is 1. The summed E-state index contributed by atoms with van der Waals surface area (Å²) in [7, 11) is 1.67. The van der Waals surface area contributed by atoms with Crippen molar-refractivity contribution < 1.29 is 24.0 Å². The van der Waals surface area contributed by atoms with Gasteiger partial charge in [0, 0.05) is 25.7 Å². The summed E-state index contributed by atoms with van der Waals surface area (Å²) in [4.78, 5) is 34.3. The Labute approximate surface area is 228 Å². The Morgan fingerprint density at radius 2 is 1.97 bits per heavy atom. The molecule has 3 aromatic rings. The Kier molecular flexibility index (Phi) is 8.65. The minimum Gasteiger partial charge on any atom is -0.472 e. The molecule has 0 aliphatic carbocycles. The van der Waals surface area contributed by atoms with E-state index in [1.54, 1.807) is 45.0 Å². The van der Waals surface area contributed by atoms with E-state index in [1.807, 2.05) is 49.4 Å². The van der Waals surface area contributed by atoms with Crippen molar-refractivity contribution in [2.45, 2.75) is 39.8 Å². The predicted octanol–water partition coefficient (Wildman–Crippen LogP) is 4.24. The number of ether oxygens (including phenoxy) is 1. The lowest BCUT2D eigenvalue weighted by atomic mass is 10.00. The fourth-order valence-electron chi connectivity index (χ4n) is 4.40. The fourth-order valence-corrected chi connectivity index (χ4v) is 4.40. The number of aliphatic hydroxyl groups excluding tert-OH is 1. The summed E-state index contributed by atoms with van der Waals surface area (Å²) < 4.78 is 11.4. The van der Waals surface area contributed by atoms with Crippen molar-refractivity contribution in [3.63, 3.8) is 0 Å². The summed E-state index contributed by atoms with van der Waals surface area (Å²) in [5, 5.41) is 16.6. The highest BCUT2D eigenvalue weighted by Gasteiger charge is 2.34. The third-order valence-corrected chi connectivity index (χ3v) is 6.88. The molecule has 2 N–H and O–H groups in total. The molecule has 3 atom stereocenters. The van der Waals surface area contributed by atoms with Crippen molar-refractivity contribution in [1.29, 1.82) is 0 Å². The number of carbonyl (C=O) groups excluding carboxylic acids is 2. The summed E-state index contributed by atoms with van der Waals surface area (Å²) in [6.07, 6.45) is 5.02. The van der Waals surface area contributed by atoms with Crippen LogP contribution in [-0.2, 0) is 0 Å². The van der Waals surface area contributed by atoms with Crippen molar-refractivity contribution in [2.75, 3.05) is 32.1 Å². The largest absolute Gasteiger partial charge is 0.472 e. The maximum Gasteiger partial charge on any atom is 0.321 e. The number of rotatable bonds is 7. The number of urea groups is 1. The molecular formula is C29H35N5O5. The van der Waals surface area contributed by atoms with Crippen LogP contribution in [0.2, 0.25) is 0 Å². The van der Waals surface area contributed by atoms with Crippen LogP contribution in [0.3, 0.4) is 0 Å². The molecule has 10 nitrogen and oxygen atoms in total. The second kappa shape index (κ2) is 12.1. The zero-order valence-corrected chi connectivity index (χ0v) is 22.9. The topological polar surface area (TPSA) is 121 Å². The lowest BCUT2D eigenvalue weighted by Gasteiger charge is -2.37. The summed E-state index contributed by atoms with van der Waals surface area (Å²) in [6.45, 7) is 7.65. The first-order valence-electron chi connectivity index (χ1n) is 12.9. The van der Waals surface area contributed by atoms with Gasteiger partial charge in [-0.1, -0.05) is 54.6 Å². The Morgan fingerprint density at radius 1 is 1.26 bits per heavy atom. The highest BCUT2D eigenvalue weighted by atomic mass is 16.5. The number of carbonyl (C=O) groups is 2. The van der Waals surface area contributed by atoms with Crippen LogP contribution in [-0.4, -0.2) is 75.9 Å². The molecule has 0 bridgehead atoms. The van der Waals surface area contributed by atoms with E-state index in [1.165, 1.54) is 4.90 Å². The van der Waals surface area contributed by atoms with Crippen LogP contribution >= 0.6 is 0 Å². The molecule has 0 spiro atoms. The number of pyridine rings is 1. The highest BCUT2D eigenvalue weighted by Crippen LogP contribution is 2.28. The number of amides is 3. The van der Waals surface area contributed by atoms with Crippen molar-refractivity contribution in [3.05, 3.63) is 70.7 Å². The van der Waals surface area contributed by atoms with Gasteiger partial charge in [0.1, 0.15) is 23.0 Å². The van der Waals surface area contributed by atoms with Crippen molar-refractivity contribution in [3.8, 4) is 5.88 Å². The van der Waals surface area contributed by atoms with E-state index in [4.69, 9.17) is 9.26 Å². The fraction of sp³-hybridized carbons (Fsp3) is 0.379. The Hall–Kier alpha value is -4.18. The van der Waals surface area contributed by atoms with E-state index in [0.717, 1.165) is 11.1 Å². The van der Waals surface area contributed by atoms with Crippen LogP contribution in [0, 0.1) is 19.8 Å². The molecule has 1 aliphatic heterocycles. The average Bonchev–Trinajstić information content (AvgIpc) is 3.25. The number of hydrogen-bond acceptors (Lipinski definition) is 7. The van der Waals surface area contributed by atoms with Gasteiger partial charge in [-0.2, -0.15) is 0 Å². The molecule has 4 rings (SSSR count). The van der Waals surface area contributed by atoms with Crippen LogP contribution in [0.15, 0.2) is 47.1 Å². The number of fused-ring (bicyclic) bond motifs is 1. The first-order valence-corrected chi connectivity index (χ1v) is 12.9. The van der Waals surface area contributed by atoms with E-state index >= 15 is 0 Å². The first-order chi connectivity index (χ1) is 18.7. The van der Waals surface area contributed by atoms with Gasteiger partial charge in [0.05, 0.1) is 19.2 Å². The molecule has 0 unspecified atom stereocenters. The van der Waals surface area contributed by atoms with E-state index in [-0.39, 0.29) is 36.9 Å². The minimum absolute atomic E-state index is 0.162. The molecule has 1 aromatic carbocycles. The second-order valence-corrected chi connectivity index (χ2v) is 10.00. The van der Waals surface area contributed by atoms with Gasteiger partial charge in [-0.05, 0) is 38.0 Å². The minimum atomic E-state index is -0.469. The van der Waals surface area contributed by atoms with Crippen LogP contribution < -0.4 is 10.1 Å². The molecule has 10 heteroatoms. The van der Waals surface area contributed by atoms with Gasteiger partial charge >= 0.3 is 6.03 Å². The number of nitrogens with one attached hydrogen (secondary N) is 1. The Bertz CT molecular complexity index is 1320. The van der Waals surface area contributed by atoms with Crippen molar-refractivity contribution in [2.24, 2.45) is 5.92 Å². The van der Waals surface area contributed by atoms with Gasteiger partial charge in [-0.25, -0.2) is 9.78 Å². The molecule has 3 amide bonds. The number of aryl methyl sites for hydroxylation is 2. The summed E-state index contributed by atoms with van der Waals surface area (Å²) in [6, 6.07) is 10.8. The Balaban J connectivity index is 1.60. The SMILES string of the molecule is Cc1noc(C)c1NC(=O)N(C)C[C@H]1Oc2ncc(C=Cc3ccccc3)cc2C(=O)N([C@H](C)CO)C[C@H]1C. The smallest absolute Gasteiger partial charge is 0.321 e. The summed E-state index contributed by atoms with van der Waals surface area (Å²) in [5.41, 5.74) is 3.20. The van der Waals surface area contributed by atoms with Crippen LogP contribution in [0.5, 0.6) is 5.88 Å². The van der Waals surface area contributed by atoms with Gasteiger partial charge in [-0.3, -0.25) is 4.79 Å². The maximum absolute atomic E-state index is 13.6. The van der Waals surface area contributed by atoms with Crippen molar-refractivity contribution in [1.82, 2.24) is 19.9 Å². The van der Waals surface area contributed by atoms with E-state index < -0.39 is 12.1 Å². The van der Waals surface area contributed by atoms with Gasteiger partial charge in [-0.15, -0.1) is 0 Å². The van der Waals surface area contributed by atoms with Gasteiger partial charge in [0.15, 0.2) is 5.76 Å².